The Labute approximate surface area is 115 Å². The number of nitro groups is 1. The minimum absolute atomic E-state index is 0.138. The van der Waals surface area contributed by atoms with E-state index in [1.807, 2.05) is 6.92 Å². The van der Waals surface area contributed by atoms with E-state index in [0.29, 0.717) is 18.4 Å². The van der Waals surface area contributed by atoms with Crippen LogP contribution in [0.25, 0.3) is 0 Å². The standard InChI is InChI=1S/C13H14N4O3/c1-3-10-12(7-16(2)15-10)14-11-5-4-9(8-18)6-13(11)17(19)20/h4-8,14H,3H2,1-2H3. The Morgan fingerprint density at radius 3 is 2.80 bits per heavy atom. The average Bonchev–Trinajstić information content (AvgIpc) is 2.79. The highest BCUT2D eigenvalue weighted by molar-refractivity contribution is 5.80. The fraction of sp³-hybridized carbons (Fsp3) is 0.231. The van der Waals surface area contributed by atoms with Crippen LogP contribution in [-0.4, -0.2) is 21.0 Å². The van der Waals surface area contributed by atoms with Crippen LogP contribution in [-0.2, 0) is 13.5 Å². The van der Waals surface area contributed by atoms with Crippen LogP contribution in [0.15, 0.2) is 24.4 Å². The van der Waals surface area contributed by atoms with Crippen molar-refractivity contribution >= 4 is 23.3 Å². The van der Waals surface area contributed by atoms with Gasteiger partial charge in [-0.1, -0.05) is 6.92 Å². The smallest absolute Gasteiger partial charge is 0.293 e. The van der Waals surface area contributed by atoms with Crippen LogP contribution in [0, 0.1) is 10.1 Å². The van der Waals surface area contributed by atoms with Crippen molar-refractivity contribution in [3.8, 4) is 0 Å². The van der Waals surface area contributed by atoms with Crippen LogP contribution >= 0.6 is 0 Å². The van der Waals surface area contributed by atoms with Gasteiger partial charge in [0.2, 0.25) is 0 Å². The van der Waals surface area contributed by atoms with Crippen molar-refractivity contribution in [1.82, 2.24) is 9.78 Å². The molecular formula is C13H14N4O3. The molecule has 0 saturated heterocycles. The number of aromatic nitrogens is 2. The summed E-state index contributed by atoms with van der Waals surface area (Å²) in [7, 11) is 1.79. The van der Waals surface area contributed by atoms with Crippen molar-refractivity contribution in [2.45, 2.75) is 13.3 Å². The summed E-state index contributed by atoms with van der Waals surface area (Å²) in [4.78, 5) is 21.3. The summed E-state index contributed by atoms with van der Waals surface area (Å²) in [5.41, 5.74) is 2.01. The Balaban J connectivity index is 2.42. The number of carbonyl (C=O) groups is 1. The van der Waals surface area contributed by atoms with Gasteiger partial charge in [-0.05, 0) is 18.6 Å². The fourth-order valence-electron chi connectivity index (χ4n) is 1.92. The predicted octanol–water partition coefficient (Wildman–Crippen LogP) is 2.45. The summed E-state index contributed by atoms with van der Waals surface area (Å²) in [5, 5.41) is 18.3. The summed E-state index contributed by atoms with van der Waals surface area (Å²) in [6.45, 7) is 1.96. The van der Waals surface area contributed by atoms with Gasteiger partial charge in [-0.3, -0.25) is 19.6 Å². The molecule has 0 amide bonds. The van der Waals surface area contributed by atoms with Crippen molar-refractivity contribution in [2.75, 3.05) is 5.32 Å². The van der Waals surface area contributed by atoms with Gasteiger partial charge in [-0.15, -0.1) is 0 Å². The minimum atomic E-state index is -0.517. The lowest BCUT2D eigenvalue weighted by molar-refractivity contribution is -0.383. The van der Waals surface area contributed by atoms with Crippen molar-refractivity contribution in [1.29, 1.82) is 0 Å². The third kappa shape index (κ3) is 2.66. The van der Waals surface area contributed by atoms with E-state index in [2.05, 4.69) is 10.4 Å². The number of rotatable bonds is 5. The van der Waals surface area contributed by atoms with Crippen molar-refractivity contribution in [3.63, 3.8) is 0 Å². The first kappa shape index (κ1) is 13.7. The van der Waals surface area contributed by atoms with E-state index in [9.17, 15) is 14.9 Å². The number of hydrogen-bond acceptors (Lipinski definition) is 5. The molecule has 0 saturated carbocycles. The van der Waals surface area contributed by atoms with Gasteiger partial charge in [0, 0.05) is 24.9 Å². The predicted molar refractivity (Wildman–Crippen MR) is 74.4 cm³/mol. The highest BCUT2D eigenvalue weighted by Gasteiger charge is 2.16. The molecule has 2 rings (SSSR count). The zero-order chi connectivity index (χ0) is 14.7. The van der Waals surface area contributed by atoms with E-state index in [1.54, 1.807) is 17.9 Å². The lowest BCUT2D eigenvalue weighted by atomic mass is 10.2. The van der Waals surface area contributed by atoms with Crippen LogP contribution in [0.5, 0.6) is 0 Å². The molecule has 1 aromatic carbocycles. The molecule has 0 bridgehead atoms. The third-order valence-electron chi connectivity index (χ3n) is 2.86. The molecule has 2 aromatic rings. The van der Waals surface area contributed by atoms with Crippen molar-refractivity contribution < 1.29 is 9.72 Å². The first-order valence-electron chi connectivity index (χ1n) is 6.08. The zero-order valence-electron chi connectivity index (χ0n) is 11.2. The van der Waals surface area contributed by atoms with E-state index in [1.165, 1.54) is 18.2 Å². The molecule has 0 unspecified atom stereocenters. The molecule has 0 aliphatic carbocycles. The maximum absolute atomic E-state index is 11.1. The van der Waals surface area contributed by atoms with Crippen LogP contribution in [0.4, 0.5) is 17.1 Å². The van der Waals surface area contributed by atoms with Crippen LogP contribution in [0.1, 0.15) is 23.0 Å². The van der Waals surface area contributed by atoms with Gasteiger partial charge in [0.05, 0.1) is 16.3 Å². The monoisotopic (exact) mass is 274 g/mol. The van der Waals surface area contributed by atoms with E-state index in [0.717, 1.165) is 11.4 Å². The Kier molecular flexibility index (Phi) is 3.79. The van der Waals surface area contributed by atoms with Crippen molar-refractivity contribution in [2.24, 2.45) is 7.05 Å². The quantitative estimate of drug-likeness (QED) is 0.513. The normalized spacial score (nSPS) is 10.3. The molecule has 0 spiro atoms. The second-order valence-corrected chi connectivity index (χ2v) is 4.29. The first-order chi connectivity index (χ1) is 9.55. The highest BCUT2D eigenvalue weighted by atomic mass is 16.6. The van der Waals surface area contributed by atoms with E-state index >= 15 is 0 Å². The second-order valence-electron chi connectivity index (χ2n) is 4.29. The number of anilines is 2. The lowest BCUT2D eigenvalue weighted by Gasteiger charge is -2.06. The first-order valence-corrected chi connectivity index (χ1v) is 6.08. The van der Waals surface area contributed by atoms with E-state index in [4.69, 9.17) is 0 Å². The van der Waals surface area contributed by atoms with Crippen LogP contribution in [0.2, 0.25) is 0 Å². The molecule has 0 fully saturated rings. The zero-order valence-corrected chi connectivity index (χ0v) is 11.2. The van der Waals surface area contributed by atoms with Gasteiger partial charge in [-0.25, -0.2) is 0 Å². The summed E-state index contributed by atoms with van der Waals surface area (Å²) in [6.07, 6.45) is 3.05. The Morgan fingerprint density at radius 2 is 2.20 bits per heavy atom. The maximum atomic E-state index is 11.1. The average molecular weight is 274 g/mol. The van der Waals surface area contributed by atoms with E-state index in [-0.39, 0.29) is 11.3 Å². The number of carbonyl (C=O) groups excluding carboxylic acids is 1. The summed E-state index contributed by atoms with van der Waals surface area (Å²) in [6, 6.07) is 4.30. The SMILES string of the molecule is CCc1nn(C)cc1Nc1ccc(C=O)cc1[N+](=O)[O-]. The molecule has 1 aromatic heterocycles. The highest BCUT2D eigenvalue weighted by Crippen LogP contribution is 2.29. The molecule has 20 heavy (non-hydrogen) atoms. The second kappa shape index (κ2) is 5.52. The van der Waals surface area contributed by atoms with Gasteiger partial charge in [0.25, 0.3) is 5.69 Å². The Bertz CT molecular complexity index is 664. The van der Waals surface area contributed by atoms with Gasteiger partial charge in [0.15, 0.2) is 0 Å². The molecule has 1 N–H and O–H groups in total. The molecule has 104 valence electrons. The molecule has 0 atom stereocenters. The van der Waals surface area contributed by atoms with Crippen molar-refractivity contribution in [3.05, 3.63) is 45.8 Å². The van der Waals surface area contributed by atoms with Gasteiger partial charge >= 0.3 is 0 Å². The summed E-state index contributed by atoms with van der Waals surface area (Å²) < 4.78 is 1.65. The molecule has 7 heteroatoms. The number of benzene rings is 1. The minimum Gasteiger partial charge on any atom is -0.347 e. The molecule has 0 aliphatic heterocycles. The largest absolute Gasteiger partial charge is 0.347 e. The summed E-state index contributed by atoms with van der Waals surface area (Å²) >= 11 is 0. The Hall–Kier alpha value is -2.70. The van der Waals surface area contributed by atoms with E-state index < -0.39 is 4.92 Å². The maximum Gasteiger partial charge on any atom is 0.293 e. The summed E-state index contributed by atoms with van der Waals surface area (Å²) in [5.74, 6) is 0. The lowest BCUT2D eigenvalue weighted by Crippen LogP contribution is -1.99. The number of aryl methyl sites for hydroxylation is 2. The van der Waals surface area contributed by atoms with Gasteiger partial charge < -0.3 is 5.32 Å². The number of aldehydes is 1. The molecule has 1 heterocycles. The topological polar surface area (TPSA) is 90.1 Å². The van der Waals surface area contributed by atoms with Gasteiger partial charge in [-0.2, -0.15) is 5.10 Å². The van der Waals surface area contributed by atoms with Crippen LogP contribution < -0.4 is 5.32 Å². The number of nitro benzene ring substituents is 1. The van der Waals surface area contributed by atoms with Gasteiger partial charge in [0.1, 0.15) is 12.0 Å². The molecular weight excluding hydrogens is 260 g/mol. The molecule has 0 radical (unpaired) electrons. The fourth-order valence-corrected chi connectivity index (χ4v) is 1.92. The molecule has 0 aliphatic rings. The number of hydrogen-bond donors (Lipinski definition) is 1. The molecule has 7 nitrogen and oxygen atoms in total. The number of nitrogens with one attached hydrogen (secondary N) is 1. The Morgan fingerprint density at radius 1 is 1.45 bits per heavy atom. The number of nitrogens with zero attached hydrogens (tertiary/aromatic N) is 3. The third-order valence-corrected chi connectivity index (χ3v) is 2.86. The van der Waals surface area contributed by atoms with Crippen LogP contribution in [0.3, 0.4) is 0 Å².